The summed E-state index contributed by atoms with van der Waals surface area (Å²) in [6, 6.07) is 0. The van der Waals surface area contributed by atoms with Crippen LogP contribution in [-0.2, 0) is 9.47 Å². The van der Waals surface area contributed by atoms with Gasteiger partial charge in [-0.1, -0.05) is 0 Å². The Hall–Kier alpha value is -0.200. The topological polar surface area (TPSA) is 79.2 Å². The lowest BCUT2D eigenvalue weighted by Crippen LogP contribution is -2.58. The monoisotopic (exact) mass is 192 g/mol. The van der Waals surface area contributed by atoms with E-state index >= 15 is 0 Å². The number of methoxy groups -OCH3 is 1. The van der Waals surface area contributed by atoms with Gasteiger partial charge in [-0.05, 0) is 6.92 Å². The lowest BCUT2D eigenvalue weighted by atomic mass is 9.96. The van der Waals surface area contributed by atoms with E-state index in [-0.39, 0.29) is 6.61 Å². The molecule has 0 aromatic heterocycles. The van der Waals surface area contributed by atoms with Crippen molar-refractivity contribution in [3.63, 3.8) is 0 Å². The Labute approximate surface area is 76.9 Å². The molecule has 5 atom stereocenters. The minimum atomic E-state index is -1.01. The van der Waals surface area contributed by atoms with Crippen LogP contribution >= 0.6 is 0 Å². The lowest BCUT2D eigenvalue weighted by Gasteiger charge is -2.40. The van der Waals surface area contributed by atoms with Gasteiger partial charge in [-0.2, -0.15) is 0 Å². The van der Waals surface area contributed by atoms with E-state index in [1.807, 2.05) is 0 Å². The van der Waals surface area contributed by atoms with Crippen LogP contribution in [0, 0.1) is 0 Å². The van der Waals surface area contributed by atoms with Crippen molar-refractivity contribution >= 4 is 0 Å². The maximum absolute atomic E-state index is 9.54. The number of aliphatic hydroxyl groups is 3. The predicted octanol–water partition coefficient (Wildman–Crippen LogP) is -1.50. The molecule has 0 radical (unpaired) electrons. The summed E-state index contributed by atoms with van der Waals surface area (Å²) in [4.78, 5) is 0. The fourth-order valence-corrected chi connectivity index (χ4v) is 1.56. The molecule has 1 aliphatic rings. The number of ether oxygens (including phenoxy) is 2. The molecule has 0 aliphatic carbocycles. The molecule has 2 unspecified atom stereocenters. The first-order valence-corrected chi connectivity index (χ1v) is 4.27. The fraction of sp³-hybridized carbons (Fsp3) is 1.00. The van der Waals surface area contributed by atoms with Crippen LogP contribution in [0.5, 0.6) is 0 Å². The Balaban J connectivity index is 2.69. The van der Waals surface area contributed by atoms with Gasteiger partial charge in [0.2, 0.25) is 0 Å². The van der Waals surface area contributed by atoms with E-state index in [0.717, 1.165) is 0 Å². The van der Waals surface area contributed by atoms with Crippen LogP contribution in [0.15, 0.2) is 0 Å². The highest BCUT2D eigenvalue weighted by Crippen LogP contribution is 2.22. The molecular formula is C8H16O5. The highest BCUT2D eigenvalue weighted by Gasteiger charge is 2.42. The maximum Gasteiger partial charge on any atom is 0.114 e. The minimum Gasteiger partial charge on any atom is -0.394 e. The number of aliphatic hydroxyl groups excluding tert-OH is 3. The first kappa shape index (κ1) is 10.9. The zero-order chi connectivity index (χ0) is 10.0. The van der Waals surface area contributed by atoms with E-state index in [1.165, 1.54) is 7.11 Å². The summed E-state index contributed by atoms with van der Waals surface area (Å²) < 4.78 is 10.2. The van der Waals surface area contributed by atoms with Crippen molar-refractivity contribution in [2.45, 2.75) is 37.4 Å². The van der Waals surface area contributed by atoms with Crippen molar-refractivity contribution < 1.29 is 24.8 Å². The Morgan fingerprint density at radius 2 is 1.92 bits per heavy atom. The Kier molecular flexibility index (Phi) is 3.63. The highest BCUT2D eigenvalue weighted by atomic mass is 16.6. The van der Waals surface area contributed by atoms with Crippen molar-refractivity contribution in [2.75, 3.05) is 13.7 Å². The smallest absolute Gasteiger partial charge is 0.114 e. The van der Waals surface area contributed by atoms with Gasteiger partial charge < -0.3 is 24.8 Å². The van der Waals surface area contributed by atoms with E-state index in [9.17, 15) is 10.2 Å². The third-order valence-corrected chi connectivity index (χ3v) is 2.38. The Bertz CT molecular complexity index is 161. The van der Waals surface area contributed by atoms with Crippen molar-refractivity contribution in [1.29, 1.82) is 0 Å². The van der Waals surface area contributed by atoms with Gasteiger partial charge >= 0.3 is 0 Å². The van der Waals surface area contributed by atoms with E-state index in [2.05, 4.69) is 0 Å². The molecule has 0 amide bonds. The molecule has 1 fully saturated rings. The van der Waals surface area contributed by atoms with E-state index < -0.39 is 30.5 Å². The molecule has 3 N–H and O–H groups in total. The summed E-state index contributed by atoms with van der Waals surface area (Å²) in [7, 11) is 1.41. The molecule has 0 bridgehead atoms. The van der Waals surface area contributed by atoms with Crippen LogP contribution in [0.2, 0.25) is 0 Å². The SMILES string of the molecule is CO[C@@H]1C(CO)O[C@H](C)[C@H](O)C1O. The van der Waals surface area contributed by atoms with Crippen molar-refractivity contribution in [3.8, 4) is 0 Å². The van der Waals surface area contributed by atoms with Gasteiger partial charge in [0.05, 0.1) is 12.7 Å². The highest BCUT2D eigenvalue weighted by molar-refractivity contribution is 4.91. The average Bonchev–Trinajstić information content (AvgIpc) is 2.13. The standard InChI is InChI=1S/C8H16O5/c1-4-6(10)7(11)8(12-2)5(3-9)13-4/h4-11H,3H2,1-2H3/t4-,5?,6+,7?,8-/m1/s1. The number of rotatable bonds is 2. The van der Waals surface area contributed by atoms with E-state index in [1.54, 1.807) is 6.92 Å². The van der Waals surface area contributed by atoms with Crippen LogP contribution in [-0.4, -0.2) is 59.6 Å². The van der Waals surface area contributed by atoms with Gasteiger partial charge in [0.25, 0.3) is 0 Å². The van der Waals surface area contributed by atoms with Crippen molar-refractivity contribution in [3.05, 3.63) is 0 Å². The predicted molar refractivity (Wildman–Crippen MR) is 44.2 cm³/mol. The van der Waals surface area contributed by atoms with Gasteiger partial charge in [-0.15, -0.1) is 0 Å². The lowest BCUT2D eigenvalue weighted by molar-refractivity contribution is -0.231. The zero-order valence-corrected chi connectivity index (χ0v) is 7.75. The fourth-order valence-electron chi connectivity index (χ4n) is 1.56. The zero-order valence-electron chi connectivity index (χ0n) is 7.75. The normalized spacial score (nSPS) is 46.4. The second-order valence-corrected chi connectivity index (χ2v) is 3.24. The second kappa shape index (κ2) is 4.34. The number of hydrogen-bond acceptors (Lipinski definition) is 5. The molecule has 1 saturated heterocycles. The third-order valence-electron chi connectivity index (χ3n) is 2.38. The average molecular weight is 192 g/mol. The summed E-state index contributed by atoms with van der Waals surface area (Å²) >= 11 is 0. The van der Waals surface area contributed by atoms with Crippen LogP contribution in [0.25, 0.3) is 0 Å². The van der Waals surface area contributed by atoms with Gasteiger partial charge in [-0.3, -0.25) is 0 Å². The van der Waals surface area contributed by atoms with E-state index in [0.29, 0.717) is 0 Å². The molecule has 1 rings (SSSR count). The molecule has 0 spiro atoms. The molecule has 1 aliphatic heterocycles. The summed E-state index contributed by atoms with van der Waals surface area (Å²) in [5.74, 6) is 0. The quantitative estimate of drug-likeness (QED) is 0.496. The Morgan fingerprint density at radius 3 is 2.38 bits per heavy atom. The minimum absolute atomic E-state index is 0.230. The third kappa shape index (κ3) is 2.00. The molecule has 5 nitrogen and oxygen atoms in total. The largest absolute Gasteiger partial charge is 0.394 e. The van der Waals surface area contributed by atoms with Crippen LogP contribution in [0.1, 0.15) is 6.92 Å². The summed E-state index contributed by atoms with van der Waals surface area (Å²) in [5.41, 5.74) is 0. The molecule has 13 heavy (non-hydrogen) atoms. The molecule has 78 valence electrons. The summed E-state index contributed by atoms with van der Waals surface area (Å²) in [6.07, 6.45) is -3.70. The summed E-state index contributed by atoms with van der Waals surface area (Å²) in [5, 5.41) is 27.9. The summed E-state index contributed by atoms with van der Waals surface area (Å²) in [6.45, 7) is 1.41. The Morgan fingerprint density at radius 1 is 1.31 bits per heavy atom. The van der Waals surface area contributed by atoms with Crippen molar-refractivity contribution in [1.82, 2.24) is 0 Å². The van der Waals surface area contributed by atoms with Crippen LogP contribution in [0.4, 0.5) is 0 Å². The van der Waals surface area contributed by atoms with Crippen LogP contribution in [0.3, 0.4) is 0 Å². The van der Waals surface area contributed by atoms with Crippen LogP contribution < -0.4 is 0 Å². The second-order valence-electron chi connectivity index (χ2n) is 3.24. The number of hydrogen-bond donors (Lipinski definition) is 3. The molecular weight excluding hydrogens is 176 g/mol. The maximum atomic E-state index is 9.54. The molecule has 0 saturated carbocycles. The van der Waals surface area contributed by atoms with Gasteiger partial charge in [0.1, 0.15) is 24.4 Å². The molecule has 0 aromatic carbocycles. The first-order chi connectivity index (χ1) is 6.11. The van der Waals surface area contributed by atoms with Gasteiger partial charge in [-0.25, -0.2) is 0 Å². The van der Waals surface area contributed by atoms with Gasteiger partial charge in [0.15, 0.2) is 0 Å². The molecule has 0 aromatic rings. The van der Waals surface area contributed by atoms with E-state index in [4.69, 9.17) is 14.6 Å². The molecule has 5 heteroatoms. The van der Waals surface area contributed by atoms with Crippen molar-refractivity contribution in [2.24, 2.45) is 0 Å². The molecule has 1 heterocycles. The van der Waals surface area contributed by atoms with Gasteiger partial charge in [0, 0.05) is 7.11 Å². The first-order valence-electron chi connectivity index (χ1n) is 4.27.